The molecule has 1 aliphatic rings. The van der Waals surface area contributed by atoms with Gasteiger partial charge in [-0.05, 0) is 48.7 Å². The van der Waals surface area contributed by atoms with E-state index in [1.54, 1.807) is 19.1 Å². The van der Waals surface area contributed by atoms with E-state index in [-0.39, 0.29) is 17.7 Å². The SMILES string of the molecule is CCN1c2cc(CI)ccc2C(C#N)C1c1ccc(NS(=O)(=O)CC)cc1. The number of hydrogen-bond acceptors (Lipinski definition) is 4. The topological polar surface area (TPSA) is 73.2 Å². The van der Waals surface area contributed by atoms with Crippen molar-refractivity contribution in [3.05, 3.63) is 59.2 Å². The van der Waals surface area contributed by atoms with Gasteiger partial charge >= 0.3 is 0 Å². The predicted molar refractivity (Wildman–Crippen MR) is 118 cm³/mol. The maximum atomic E-state index is 11.8. The zero-order valence-electron chi connectivity index (χ0n) is 15.3. The molecule has 0 aliphatic carbocycles. The Balaban J connectivity index is 1.97. The average Bonchev–Trinajstić information content (AvgIpc) is 3.00. The Kier molecular flexibility index (Phi) is 5.96. The molecule has 0 amide bonds. The molecule has 27 heavy (non-hydrogen) atoms. The van der Waals surface area contributed by atoms with Gasteiger partial charge in [0.1, 0.15) is 0 Å². The Morgan fingerprint density at radius 3 is 2.44 bits per heavy atom. The lowest BCUT2D eigenvalue weighted by Gasteiger charge is -2.28. The van der Waals surface area contributed by atoms with Crippen molar-refractivity contribution in [2.45, 2.75) is 30.2 Å². The van der Waals surface area contributed by atoms with Crippen LogP contribution in [-0.2, 0) is 14.5 Å². The van der Waals surface area contributed by atoms with E-state index in [2.05, 4.69) is 63.4 Å². The van der Waals surface area contributed by atoms with E-state index in [4.69, 9.17) is 0 Å². The Morgan fingerprint density at radius 2 is 1.89 bits per heavy atom. The first kappa shape index (κ1) is 20.0. The van der Waals surface area contributed by atoms with E-state index in [0.717, 1.165) is 27.8 Å². The van der Waals surface area contributed by atoms with Crippen LogP contribution in [0.3, 0.4) is 0 Å². The first-order chi connectivity index (χ1) is 12.9. The summed E-state index contributed by atoms with van der Waals surface area (Å²) in [7, 11) is -3.30. The molecule has 2 aromatic rings. The first-order valence-electron chi connectivity index (χ1n) is 8.89. The fourth-order valence-electron chi connectivity index (χ4n) is 3.56. The molecule has 7 heteroatoms. The Morgan fingerprint density at radius 1 is 1.19 bits per heavy atom. The number of nitrogens with one attached hydrogen (secondary N) is 1. The fourth-order valence-corrected chi connectivity index (χ4v) is 4.68. The Hall–Kier alpha value is -1.79. The highest BCUT2D eigenvalue weighted by molar-refractivity contribution is 14.1. The van der Waals surface area contributed by atoms with Gasteiger partial charge < -0.3 is 4.90 Å². The highest BCUT2D eigenvalue weighted by Gasteiger charge is 2.39. The number of nitrogens with zero attached hydrogens (tertiary/aromatic N) is 2. The molecule has 2 unspecified atom stereocenters. The molecule has 142 valence electrons. The van der Waals surface area contributed by atoms with Crippen molar-refractivity contribution >= 4 is 44.0 Å². The second-order valence-corrected chi connectivity index (χ2v) is 9.27. The number of sulfonamides is 1. The highest BCUT2D eigenvalue weighted by atomic mass is 127. The summed E-state index contributed by atoms with van der Waals surface area (Å²) in [4.78, 5) is 2.27. The van der Waals surface area contributed by atoms with Gasteiger partial charge in [-0.25, -0.2) is 8.42 Å². The van der Waals surface area contributed by atoms with Crippen LogP contribution in [0.15, 0.2) is 42.5 Å². The monoisotopic (exact) mass is 495 g/mol. The minimum Gasteiger partial charge on any atom is -0.363 e. The Labute approximate surface area is 174 Å². The number of alkyl halides is 1. The number of nitriles is 1. The lowest BCUT2D eigenvalue weighted by atomic mass is 9.91. The van der Waals surface area contributed by atoms with Gasteiger partial charge in [-0.15, -0.1) is 0 Å². The average molecular weight is 495 g/mol. The molecule has 2 atom stereocenters. The molecule has 0 radical (unpaired) electrons. The summed E-state index contributed by atoms with van der Waals surface area (Å²) in [6, 6.07) is 16.1. The first-order valence-corrected chi connectivity index (χ1v) is 12.1. The molecule has 0 aromatic heterocycles. The van der Waals surface area contributed by atoms with E-state index in [9.17, 15) is 13.7 Å². The van der Waals surface area contributed by atoms with Gasteiger partial charge in [-0.3, -0.25) is 4.72 Å². The van der Waals surface area contributed by atoms with Gasteiger partial charge in [-0.1, -0.05) is 46.9 Å². The molecule has 1 heterocycles. The van der Waals surface area contributed by atoms with E-state index in [1.165, 1.54) is 5.56 Å². The van der Waals surface area contributed by atoms with E-state index >= 15 is 0 Å². The molecule has 1 aliphatic heterocycles. The third kappa shape index (κ3) is 3.92. The van der Waals surface area contributed by atoms with Gasteiger partial charge in [0.25, 0.3) is 0 Å². The minimum atomic E-state index is -3.30. The van der Waals surface area contributed by atoms with Crippen molar-refractivity contribution < 1.29 is 8.42 Å². The lowest BCUT2D eigenvalue weighted by Crippen LogP contribution is -2.26. The molecular weight excluding hydrogens is 473 g/mol. The summed E-state index contributed by atoms with van der Waals surface area (Å²) in [5.74, 6) is -0.215. The molecule has 0 bridgehead atoms. The normalized spacial score (nSPS) is 18.8. The maximum Gasteiger partial charge on any atom is 0.232 e. The lowest BCUT2D eigenvalue weighted by molar-refractivity contribution is 0.602. The molecule has 3 rings (SSSR count). The van der Waals surface area contributed by atoms with Crippen molar-refractivity contribution in [2.24, 2.45) is 0 Å². The van der Waals surface area contributed by atoms with Crippen LogP contribution in [0.1, 0.15) is 42.5 Å². The van der Waals surface area contributed by atoms with Crippen molar-refractivity contribution in [2.75, 3.05) is 21.9 Å². The fraction of sp³-hybridized carbons (Fsp3) is 0.350. The second kappa shape index (κ2) is 8.07. The summed E-state index contributed by atoms with van der Waals surface area (Å²) < 4.78 is 27.0. The molecule has 2 aromatic carbocycles. The minimum absolute atomic E-state index is 0.0337. The van der Waals surface area contributed by atoms with Crippen molar-refractivity contribution in [3.63, 3.8) is 0 Å². The van der Waals surface area contributed by atoms with Crippen molar-refractivity contribution in [1.82, 2.24) is 0 Å². The third-order valence-corrected chi connectivity index (χ3v) is 7.12. The molecule has 0 saturated heterocycles. The van der Waals surface area contributed by atoms with Gasteiger partial charge in [-0.2, -0.15) is 5.26 Å². The summed E-state index contributed by atoms with van der Waals surface area (Å²) >= 11 is 2.35. The molecule has 0 spiro atoms. The number of halogens is 1. The standard InChI is InChI=1S/C20H22IN3O2S/c1-3-24-19-11-14(12-21)5-10-17(19)18(13-22)20(24)15-6-8-16(9-7-15)23-27(25,26)4-2/h5-11,18,20,23H,3-4,12H2,1-2H3. The van der Waals surface area contributed by atoms with Gasteiger partial charge in [0.05, 0.1) is 23.8 Å². The largest absolute Gasteiger partial charge is 0.363 e. The van der Waals surface area contributed by atoms with E-state index in [0.29, 0.717) is 5.69 Å². The van der Waals surface area contributed by atoms with E-state index in [1.807, 2.05) is 12.1 Å². The number of rotatable bonds is 6. The van der Waals surface area contributed by atoms with Gasteiger partial charge in [0.2, 0.25) is 10.0 Å². The summed E-state index contributed by atoms with van der Waals surface area (Å²) in [5.41, 5.74) is 4.98. The molecule has 0 saturated carbocycles. The summed E-state index contributed by atoms with van der Waals surface area (Å²) in [6.45, 7) is 4.49. The summed E-state index contributed by atoms with van der Waals surface area (Å²) in [5, 5.41) is 9.85. The smallest absolute Gasteiger partial charge is 0.232 e. The summed E-state index contributed by atoms with van der Waals surface area (Å²) in [6.07, 6.45) is 0. The maximum absolute atomic E-state index is 11.8. The molecule has 1 N–H and O–H groups in total. The van der Waals surface area contributed by atoms with Gasteiger partial charge in [0.15, 0.2) is 0 Å². The number of anilines is 2. The number of likely N-dealkylation sites (N-methyl/N-ethyl adjacent to an activating group) is 1. The predicted octanol–water partition coefficient (Wildman–Crippen LogP) is 4.57. The van der Waals surface area contributed by atoms with Crippen LogP contribution >= 0.6 is 22.6 Å². The van der Waals surface area contributed by atoms with Crippen LogP contribution < -0.4 is 9.62 Å². The van der Waals surface area contributed by atoms with Crippen LogP contribution in [-0.4, -0.2) is 20.7 Å². The van der Waals surface area contributed by atoms with Crippen LogP contribution in [0.25, 0.3) is 0 Å². The van der Waals surface area contributed by atoms with Gasteiger partial charge in [0, 0.05) is 22.3 Å². The van der Waals surface area contributed by atoms with Crippen molar-refractivity contribution in [3.8, 4) is 6.07 Å². The quantitative estimate of drug-likeness (QED) is 0.471. The van der Waals surface area contributed by atoms with Crippen LogP contribution in [0, 0.1) is 11.3 Å². The zero-order chi connectivity index (χ0) is 19.6. The molecule has 0 fully saturated rings. The van der Waals surface area contributed by atoms with Crippen LogP contribution in [0.2, 0.25) is 0 Å². The highest BCUT2D eigenvalue weighted by Crippen LogP contribution is 2.49. The van der Waals surface area contributed by atoms with Crippen LogP contribution in [0.5, 0.6) is 0 Å². The molecule has 5 nitrogen and oxygen atoms in total. The number of fused-ring (bicyclic) bond motifs is 1. The number of benzene rings is 2. The molecular formula is C20H22IN3O2S. The second-order valence-electron chi connectivity index (χ2n) is 6.49. The zero-order valence-corrected chi connectivity index (χ0v) is 18.3. The van der Waals surface area contributed by atoms with Crippen molar-refractivity contribution in [1.29, 1.82) is 5.26 Å². The van der Waals surface area contributed by atoms with Crippen LogP contribution in [0.4, 0.5) is 11.4 Å². The third-order valence-electron chi connectivity index (χ3n) is 4.93. The number of hydrogen-bond donors (Lipinski definition) is 1. The van der Waals surface area contributed by atoms with E-state index < -0.39 is 10.0 Å². The Bertz CT molecular complexity index is 968.